The Morgan fingerprint density at radius 3 is 1.61 bits per heavy atom. The molecule has 0 N–H and O–H groups in total. The maximum absolute atomic E-state index is 7.11. The van der Waals surface area contributed by atoms with Crippen molar-refractivity contribution in [1.82, 2.24) is 9.97 Å². The van der Waals surface area contributed by atoms with Gasteiger partial charge in [0.2, 0.25) is 0 Å². The van der Waals surface area contributed by atoms with E-state index in [-0.39, 0.29) is 42.7 Å². The first kappa shape index (κ1) is 51.3. The van der Waals surface area contributed by atoms with Gasteiger partial charge in [-0.3, -0.25) is 4.98 Å². The molecule has 0 atom stereocenters. The summed E-state index contributed by atoms with van der Waals surface area (Å²) in [6, 6.07) is 56.7. The molecule has 5 heteroatoms. The fraction of sp³-hybridized carbons (Fsp3) is 0.303. The minimum atomic E-state index is -0.917. The number of hydrogen-bond acceptors (Lipinski definition) is 4. The maximum atomic E-state index is 7.11. The predicted molar refractivity (Wildman–Crippen MR) is 293 cm³/mol. The van der Waals surface area contributed by atoms with Crippen molar-refractivity contribution >= 4 is 17.1 Å². The van der Waals surface area contributed by atoms with Crippen LogP contribution in [0.4, 0.5) is 17.1 Å². The Kier molecular flexibility index (Phi) is 13.6. The van der Waals surface area contributed by atoms with Crippen LogP contribution in [-0.4, -0.2) is 9.97 Å². The van der Waals surface area contributed by atoms with Gasteiger partial charge in [-0.15, -0.1) is 29.3 Å². The number of anilines is 3. The molecular weight excluding hydrogens is 1050 g/mol. The Morgan fingerprint density at radius 1 is 0.493 bits per heavy atom. The topological polar surface area (TPSA) is 38.2 Å². The van der Waals surface area contributed by atoms with Crippen LogP contribution in [0.1, 0.15) is 144 Å². The van der Waals surface area contributed by atoms with Gasteiger partial charge >= 0.3 is 21.1 Å². The molecule has 0 saturated carbocycles. The molecule has 3 heterocycles. The monoisotopic (exact) mass is 1110 g/mol. The maximum Gasteiger partial charge on any atom is 2.00 e. The van der Waals surface area contributed by atoms with E-state index in [1.54, 1.807) is 0 Å². The van der Waals surface area contributed by atoms with Crippen LogP contribution in [0.2, 0.25) is 0 Å². The zero-order chi connectivity index (χ0) is 50.1. The summed E-state index contributed by atoms with van der Waals surface area (Å²) in [5.41, 5.74) is 18.8. The first-order chi connectivity index (χ1) is 32.9. The summed E-state index contributed by atoms with van der Waals surface area (Å²) in [7, 11) is 0. The van der Waals surface area contributed by atoms with E-state index >= 15 is 0 Å². The van der Waals surface area contributed by atoms with E-state index in [9.17, 15) is 0 Å². The van der Waals surface area contributed by atoms with E-state index in [0.717, 1.165) is 56.3 Å². The third-order valence-corrected chi connectivity index (χ3v) is 14.2. The Labute approximate surface area is 439 Å². The first-order valence-electron chi connectivity index (χ1n) is 24.9. The van der Waals surface area contributed by atoms with Crippen LogP contribution in [-0.2, 0) is 48.1 Å². The van der Waals surface area contributed by atoms with Gasteiger partial charge in [0.15, 0.2) is 0 Å². The van der Waals surface area contributed by atoms with Crippen LogP contribution in [0.5, 0.6) is 11.5 Å². The van der Waals surface area contributed by atoms with Gasteiger partial charge in [0.1, 0.15) is 0 Å². The van der Waals surface area contributed by atoms with Crippen LogP contribution in [0, 0.1) is 32.9 Å². The van der Waals surface area contributed by atoms with Gasteiger partial charge in [-0.1, -0.05) is 167 Å². The van der Waals surface area contributed by atoms with Crippen molar-refractivity contribution in [1.29, 1.82) is 0 Å². The van der Waals surface area contributed by atoms with Crippen LogP contribution in [0.3, 0.4) is 0 Å². The van der Waals surface area contributed by atoms with Crippen LogP contribution in [0.15, 0.2) is 146 Å². The molecule has 2 aromatic heterocycles. The molecule has 4 nitrogen and oxygen atoms in total. The number of nitrogens with zero attached hydrogens (tertiary/aromatic N) is 3. The molecule has 0 amide bonds. The number of aryl methyl sites for hydroxylation is 3. The van der Waals surface area contributed by atoms with Crippen LogP contribution in [0.25, 0.3) is 22.4 Å². The third-order valence-electron chi connectivity index (χ3n) is 14.2. The van der Waals surface area contributed by atoms with E-state index in [1.165, 1.54) is 44.5 Å². The minimum Gasteiger partial charge on any atom is -0.503 e. The van der Waals surface area contributed by atoms with E-state index in [1.807, 2.05) is 24.5 Å². The van der Waals surface area contributed by atoms with Crippen molar-refractivity contribution in [2.75, 3.05) is 4.90 Å². The van der Waals surface area contributed by atoms with Crippen molar-refractivity contribution in [3.63, 3.8) is 0 Å². The zero-order valence-electron chi connectivity index (χ0n) is 44.4. The van der Waals surface area contributed by atoms with E-state index in [0.29, 0.717) is 11.5 Å². The fourth-order valence-corrected chi connectivity index (χ4v) is 10.4. The summed E-state index contributed by atoms with van der Waals surface area (Å²) in [5.74, 6) is 1.18. The molecule has 1 aliphatic rings. The second-order valence-corrected chi connectivity index (χ2v) is 23.7. The van der Waals surface area contributed by atoms with Crippen LogP contribution >= 0.6 is 0 Å². The third kappa shape index (κ3) is 9.82. The Morgan fingerprint density at radius 2 is 1.06 bits per heavy atom. The van der Waals surface area contributed by atoms with Gasteiger partial charge in [-0.05, 0) is 141 Å². The average molecular weight is 1120 g/mol. The number of pyridine rings is 2. The Balaban J connectivity index is 0.00000676. The Bertz CT molecular complexity index is 3160. The van der Waals surface area contributed by atoms with Gasteiger partial charge < -0.3 is 14.6 Å². The van der Waals surface area contributed by atoms with Gasteiger partial charge in [-0.2, -0.15) is 12.1 Å². The smallest absolute Gasteiger partial charge is 0.503 e. The predicted octanol–water partition coefficient (Wildman–Crippen LogP) is 17.5. The van der Waals surface area contributed by atoms with Gasteiger partial charge in [0, 0.05) is 29.6 Å². The molecule has 1 aliphatic heterocycles. The SMILES string of the molecule is Cc1cc(C)c(-c2cc(Oc3[c-]c(C4(c5ccccn5)c5cc(C(C)(C)C)ccc5N(c5ccc(C(C)(C)C)cc5)c5ccc(C(C)(C)C)cc54)ccc3)[c-]c(-c3cc(C(C)(C)C)ccn3)c2)c(C)c1.[Pt+2]. The molecule has 364 valence electrons. The minimum absolute atomic E-state index is 0. The molecule has 0 fully saturated rings. The van der Waals surface area contributed by atoms with Crippen molar-refractivity contribution < 1.29 is 25.8 Å². The number of ether oxygens (including phenoxy) is 1. The first-order valence-corrected chi connectivity index (χ1v) is 24.9. The zero-order valence-corrected chi connectivity index (χ0v) is 46.7. The molecule has 0 radical (unpaired) electrons. The molecule has 71 heavy (non-hydrogen) atoms. The molecule has 8 aromatic rings. The van der Waals surface area contributed by atoms with E-state index in [4.69, 9.17) is 14.7 Å². The van der Waals surface area contributed by atoms with Crippen LogP contribution < -0.4 is 9.64 Å². The van der Waals surface area contributed by atoms with Crippen molar-refractivity contribution in [3.8, 4) is 33.9 Å². The number of aromatic nitrogens is 2. The number of hydrogen-bond donors (Lipinski definition) is 0. The van der Waals surface area contributed by atoms with Gasteiger partial charge in [0.25, 0.3) is 0 Å². The number of benzene rings is 6. The molecule has 0 spiro atoms. The Hall–Kier alpha value is -6.09. The van der Waals surface area contributed by atoms with E-state index in [2.05, 4.69) is 242 Å². The summed E-state index contributed by atoms with van der Waals surface area (Å²) >= 11 is 0. The molecule has 9 rings (SSSR count). The quantitative estimate of drug-likeness (QED) is 0.149. The summed E-state index contributed by atoms with van der Waals surface area (Å²) in [4.78, 5) is 12.7. The molecule has 0 aliphatic carbocycles. The number of rotatable bonds is 7. The summed E-state index contributed by atoms with van der Waals surface area (Å²) in [6.45, 7) is 33.8. The average Bonchev–Trinajstić information content (AvgIpc) is 3.29. The fourth-order valence-electron chi connectivity index (χ4n) is 10.4. The molecule has 0 bridgehead atoms. The van der Waals surface area contributed by atoms with Crippen molar-refractivity contribution in [2.45, 2.75) is 131 Å². The standard InChI is InChI=1S/C66H69N3O.Pt/c1-42-33-43(2)61(44(3)34-42)46-35-45(57-41-50(30-32-67-57)65(13,14)15)36-54(37-46)70-53-20-18-19-51(38-53)66(60-21-16-17-31-68-60)55-39-48(63(7,8)9)24-28-58(55)69(52-26-22-47(23-27-52)62(4,5)6)59-29-25-49(40-56(59)66)64(10,11)12;/h16-35,37,39-41H,1-15H3;/q-2;+2. The second kappa shape index (κ2) is 18.8. The number of fused-ring (bicyclic) bond motifs is 2. The largest absolute Gasteiger partial charge is 2.00 e. The summed E-state index contributed by atoms with van der Waals surface area (Å²) < 4.78 is 7.11. The summed E-state index contributed by atoms with van der Waals surface area (Å²) in [6.07, 6.45) is 3.83. The van der Waals surface area contributed by atoms with Crippen molar-refractivity contribution in [2.24, 2.45) is 0 Å². The second-order valence-electron chi connectivity index (χ2n) is 23.7. The van der Waals surface area contributed by atoms with E-state index < -0.39 is 5.41 Å². The van der Waals surface area contributed by atoms with Gasteiger partial charge in [-0.25, -0.2) is 0 Å². The molecule has 0 saturated heterocycles. The normalized spacial score (nSPS) is 13.5. The molecule has 0 unspecified atom stereocenters. The molecule has 6 aromatic carbocycles. The van der Waals surface area contributed by atoms with Gasteiger partial charge in [0.05, 0.1) is 22.5 Å². The summed E-state index contributed by atoms with van der Waals surface area (Å²) in [5, 5.41) is 0. The van der Waals surface area contributed by atoms with Crippen molar-refractivity contribution in [3.05, 3.63) is 219 Å². The molecular formula is C66H69N3OPt.